The summed E-state index contributed by atoms with van der Waals surface area (Å²) in [5, 5.41) is 4.65. The van der Waals surface area contributed by atoms with Crippen molar-refractivity contribution in [2.75, 3.05) is 13.7 Å². The van der Waals surface area contributed by atoms with Gasteiger partial charge >= 0.3 is 5.97 Å². The fraction of sp³-hybridized carbons (Fsp3) is 0.0870. The van der Waals surface area contributed by atoms with Gasteiger partial charge in [-0.3, -0.25) is 4.79 Å². The number of carbonyl (C=O) groups excluding carboxylic acids is 2. The predicted octanol–water partition coefficient (Wildman–Crippen LogP) is 5.51. The van der Waals surface area contributed by atoms with Gasteiger partial charge in [-0.25, -0.2) is 10.2 Å². The number of esters is 1. The van der Waals surface area contributed by atoms with Gasteiger partial charge in [0.25, 0.3) is 5.91 Å². The number of amides is 1. The van der Waals surface area contributed by atoms with Gasteiger partial charge < -0.3 is 14.2 Å². The Kier molecular flexibility index (Phi) is 8.71. The normalized spacial score (nSPS) is 10.7. The predicted molar refractivity (Wildman–Crippen MR) is 130 cm³/mol. The number of ether oxygens (including phenoxy) is 3. The van der Waals surface area contributed by atoms with E-state index in [0.29, 0.717) is 27.6 Å². The maximum atomic E-state index is 12.5. The van der Waals surface area contributed by atoms with E-state index in [9.17, 15) is 9.59 Å². The zero-order valence-electron chi connectivity index (χ0n) is 17.2. The zero-order valence-corrected chi connectivity index (χ0v) is 20.3. The van der Waals surface area contributed by atoms with Crippen LogP contribution in [0.1, 0.15) is 15.9 Å². The Balaban J connectivity index is 1.62. The molecule has 0 atom stereocenters. The third-order valence-corrected chi connectivity index (χ3v) is 5.17. The summed E-state index contributed by atoms with van der Waals surface area (Å²) in [6.45, 7) is -0.309. The lowest BCUT2D eigenvalue weighted by Crippen LogP contribution is -2.24. The second-order valence-corrected chi connectivity index (χ2v) is 8.22. The molecule has 0 aliphatic carbocycles. The molecule has 0 aliphatic heterocycles. The number of hydrogen-bond donors (Lipinski definition) is 1. The van der Waals surface area contributed by atoms with Crippen LogP contribution in [0.25, 0.3) is 0 Å². The quantitative estimate of drug-likeness (QED) is 0.172. The number of methoxy groups -OCH3 is 1. The molecule has 170 valence electrons. The Bertz CT molecular complexity index is 1190. The first-order valence-corrected chi connectivity index (χ1v) is 11.0. The van der Waals surface area contributed by atoms with E-state index in [1.165, 1.54) is 12.3 Å². The molecule has 1 N–H and O–H groups in total. The number of halogens is 3. The van der Waals surface area contributed by atoms with Gasteiger partial charge in [-0.2, -0.15) is 5.10 Å². The number of hydrogen-bond acceptors (Lipinski definition) is 6. The first-order valence-electron chi connectivity index (χ1n) is 9.41. The lowest BCUT2D eigenvalue weighted by atomic mass is 10.2. The average molecular weight is 552 g/mol. The minimum atomic E-state index is -0.549. The van der Waals surface area contributed by atoms with E-state index in [1.54, 1.807) is 61.7 Å². The van der Waals surface area contributed by atoms with Crippen molar-refractivity contribution in [3.05, 3.63) is 86.3 Å². The largest absolute Gasteiger partial charge is 0.497 e. The SMILES string of the molecule is COc1ccc(C(=O)Oc2ccc(Br)cc2/C=N/NC(=O)COc2ccc(Cl)cc2Cl)cc1. The van der Waals surface area contributed by atoms with Crippen LogP contribution in [-0.2, 0) is 4.79 Å². The summed E-state index contributed by atoms with van der Waals surface area (Å²) in [5.74, 6) is 0.151. The summed E-state index contributed by atoms with van der Waals surface area (Å²) in [6.07, 6.45) is 1.36. The molecule has 3 aromatic carbocycles. The number of hydrazone groups is 1. The van der Waals surface area contributed by atoms with Crippen molar-refractivity contribution in [1.82, 2.24) is 5.43 Å². The van der Waals surface area contributed by atoms with E-state index in [0.717, 1.165) is 4.47 Å². The molecule has 0 radical (unpaired) electrons. The molecule has 0 fully saturated rings. The summed E-state index contributed by atoms with van der Waals surface area (Å²) in [4.78, 5) is 24.5. The van der Waals surface area contributed by atoms with Crippen molar-refractivity contribution in [3.63, 3.8) is 0 Å². The number of nitrogens with zero attached hydrogens (tertiary/aromatic N) is 1. The molecule has 7 nitrogen and oxygen atoms in total. The van der Waals surface area contributed by atoms with Gasteiger partial charge in [-0.1, -0.05) is 39.1 Å². The fourth-order valence-corrected chi connectivity index (χ4v) is 3.38. The maximum Gasteiger partial charge on any atom is 0.343 e. The number of carbonyl (C=O) groups is 2. The molecule has 10 heteroatoms. The van der Waals surface area contributed by atoms with Crippen molar-refractivity contribution < 1.29 is 23.8 Å². The topological polar surface area (TPSA) is 86.2 Å². The Morgan fingerprint density at radius 3 is 2.45 bits per heavy atom. The fourth-order valence-electron chi connectivity index (χ4n) is 2.54. The van der Waals surface area contributed by atoms with Gasteiger partial charge in [0.2, 0.25) is 0 Å². The lowest BCUT2D eigenvalue weighted by molar-refractivity contribution is -0.123. The Hall–Kier alpha value is -3.07. The summed E-state index contributed by atoms with van der Waals surface area (Å²) in [6, 6.07) is 16.2. The summed E-state index contributed by atoms with van der Waals surface area (Å²) < 4.78 is 16.7. The van der Waals surface area contributed by atoms with Crippen molar-refractivity contribution in [1.29, 1.82) is 0 Å². The Morgan fingerprint density at radius 2 is 1.76 bits per heavy atom. The molecule has 0 bridgehead atoms. The van der Waals surface area contributed by atoms with E-state index in [2.05, 4.69) is 26.5 Å². The van der Waals surface area contributed by atoms with Gasteiger partial charge in [0.1, 0.15) is 17.2 Å². The highest BCUT2D eigenvalue weighted by Crippen LogP contribution is 2.27. The maximum absolute atomic E-state index is 12.5. The van der Waals surface area contributed by atoms with E-state index >= 15 is 0 Å². The van der Waals surface area contributed by atoms with Crippen molar-refractivity contribution >= 4 is 57.2 Å². The zero-order chi connectivity index (χ0) is 23.8. The minimum absolute atomic E-state index is 0.265. The van der Waals surface area contributed by atoms with Gasteiger partial charge in [-0.05, 0) is 60.7 Å². The molecule has 0 heterocycles. The average Bonchev–Trinajstić information content (AvgIpc) is 2.80. The monoisotopic (exact) mass is 550 g/mol. The molecule has 0 aliphatic rings. The highest BCUT2D eigenvalue weighted by atomic mass is 79.9. The molecular weight excluding hydrogens is 535 g/mol. The second kappa shape index (κ2) is 11.7. The van der Waals surface area contributed by atoms with Crippen LogP contribution >= 0.6 is 39.1 Å². The molecule has 0 spiro atoms. The van der Waals surface area contributed by atoms with Gasteiger partial charge in [0, 0.05) is 15.1 Å². The first kappa shape index (κ1) is 24.6. The summed E-state index contributed by atoms with van der Waals surface area (Å²) in [7, 11) is 1.54. The molecule has 3 rings (SSSR count). The number of rotatable bonds is 8. The van der Waals surface area contributed by atoms with Crippen LogP contribution < -0.4 is 19.6 Å². The van der Waals surface area contributed by atoms with E-state index in [-0.39, 0.29) is 17.4 Å². The summed E-state index contributed by atoms with van der Waals surface area (Å²) >= 11 is 15.2. The minimum Gasteiger partial charge on any atom is -0.497 e. The first-order chi connectivity index (χ1) is 15.9. The Morgan fingerprint density at radius 1 is 1.03 bits per heavy atom. The molecule has 0 saturated heterocycles. The lowest BCUT2D eigenvalue weighted by Gasteiger charge is -2.09. The van der Waals surface area contributed by atoms with E-state index in [1.807, 2.05) is 0 Å². The molecular formula is C23H17BrCl2N2O5. The highest BCUT2D eigenvalue weighted by molar-refractivity contribution is 9.10. The molecule has 0 saturated carbocycles. The Labute approximate surface area is 208 Å². The van der Waals surface area contributed by atoms with Crippen molar-refractivity contribution in [2.24, 2.45) is 5.10 Å². The molecule has 1 amide bonds. The van der Waals surface area contributed by atoms with Crippen molar-refractivity contribution in [3.8, 4) is 17.2 Å². The van der Waals surface area contributed by atoms with Crippen molar-refractivity contribution in [2.45, 2.75) is 0 Å². The molecule has 0 aromatic heterocycles. The summed E-state index contributed by atoms with van der Waals surface area (Å²) in [5.41, 5.74) is 3.16. The van der Waals surface area contributed by atoms with Crippen LogP contribution in [0.5, 0.6) is 17.2 Å². The number of nitrogens with one attached hydrogen (secondary N) is 1. The van der Waals surface area contributed by atoms with Gasteiger partial charge in [0.05, 0.1) is 23.9 Å². The third kappa shape index (κ3) is 7.21. The van der Waals surface area contributed by atoms with Crippen LogP contribution in [0.15, 0.2) is 70.2 Å². The van der Waals surface area contributed by atoms with Crippen LogP contribution in [0.2, 0.25) is 10.0 Å². The van der Waals surface area contributed by atoms with Crippen LogP contribution in [-0.4, -0.2) is 31.8 Å². The molecule has 0 unspecified atom stereocenters. The second-order valence-electron chi connectivity index (χ2n) is 6.46. The molecule has 3 aromatic rings. The van der Waals surface area contributed by atoms with Crippen LogP contribution in [0.4, 0.5) is 0 Å². The van der Waals surface area contributed by atoms with Gasteiger partial charge in [0.15, 0.2) is 6.61 Å². The standard InChI is InChI=1S/C23H17BrCl2N2O5/c1-31-18-6-2-14(3-7-18)23(30)33-20-8-4-16(24)10-15(20)12-27-28-22(29)13-32-21-9-5-17(25)11-19(21)26/h2-12H,13H2,1H3,(H,28,29)/b27-12+. The van der Waals surface area contributed by atoms with Crippen LogP contribution in [0, 0.1) is 0 Å². The van der Waals surface area contributed by atoms with E-state index < -0.39 is 11.9 Å². The third-order valence-electron chi connectivity index (χ3n) is 4.15. The smallest absolute Gasteiger partial charge is 0.343 e. The van der Waals surface area contributed by atoms with Crippen LogP contribution in [0.3, 0.4) is 0 Å². The highest BCUT2D eigenvalue weighted by Gasteiger charge is 2.12. The molecule has 33 heavy (non-hydrogen) atoms. The number of benzene rings is 3. The van der Waals surface area contributed by atoms with E-state index in [4.69, 9.17) is 37.4 Å². The van der Waals surface area contributed by atoms with Gasteiger partial charge in [-0.15, -0.1) is 0 Å².